The molecule has 1 unspecified atom stereocenters. The minimum absolute atomic E-state index is 0.223. The Morgan fingerprint density at radius 3 is 2.81 bits per heavy atom. The first-order valence-corrected chi connectivity index (χ1v) is 7.06. The van der Waals surface area contributed by atoms with Crippen molar-refractivity contribution >= 4 is 35.0 Å². The zero-order valence-electron chi connectivity index (χ0n) is 9.17. The van der Waals surface area contributed by atoms with Crippen molar-refractivity contribution in [3.8, 4) is 0 Å². The number of hydrogen-bond donors (Lipinski definition) is 2. The quantitative estimate of drug-likeness (QED) is 0.620. The Hall–Kier alpha value is 0.0700. The summed E-state index contributed by atoms with van der Waals surface area (Å²) in [5.74, 6) is 7.56. The molecule has 0 spiro atoms. The molecule has 0 aliphatic rings. The second-order valence-corrected chi connectivity index (χ2v) is 5.54. The molecule has 1 rings (SSSR count). The minimum Gasteiger partial charge on any atom is -0.271 e. The topological polar surface area (TPSA) is 38.0 Å². The summed E-state index contributed by atoms with van der Waals surface area (Å²) in [6, 6.07) is 5.90. The molecule has 5 heteroatoms. The van der Waals surface area contributed by atoms with E-state index in [4.69, 9.17) is 29.0 Å². The van der Waals surface area contributed by atoms with E-state index in [0.29, 0.717) is 10.0 Å². The number of thioether (sulfide) groups is 1. The van der Waals surface area contributed by atoms with Crippen molar-refractivity contribution in [1.29, 1.82) is 0 Å². The van der Waals surface area contributed by atoms with Crippen LogP contribution in [-0.4, -0.2) is 17.5 Å². The summed E-state index contributed by atoms with van der Waals surface area (Å²) in [5, 5.41) is 1.23. The lowest BCUT2D eigenvalue weighted by Crippen LogP contribution is -2.38. The van der Waals surface area contributed by atoms with E-state index in [0.717, 1.165) is 23.5 Å². The van der Waals surface area contributed by atoms with Crippen molar-refractivity contribution < 1.29 is 0 Å². The molecule has 0 saturated carbocycles. The van der Waals surface area contributed by atoms with Gasteiger partial charge in [-0.05, 0) is 23.8 Å². The number of nitrogens with two attached hydrogens (primary N) is 1. The third-order valence-electron chi connectivity index (χ3n) is 2.26. The molecule has 16 heavy (non-hydrogen) atoms. The average Bonchev–Trinajstić information content (AvgIpc) is 2.30. The van der Waals surface area contributed by atoms with Crippen LogP contribution < -0.4 is 11.3 Å². The number of halogens is 2. The monoisotopic (exact) mass is 278 g/mol. The molecule has 1 aromatic rings. The molecule has 3 N–H and O–H groups in total. The van der Waals surface area contributed by atoms with Crippen LogP contribution in [0, 0.1) is 0 Å². The maximum absolute atomic E-state index is 6.12. The van der Waals surface area contributed by atoms with Gasteiger partial charge < -0.3 is 0 Å². The fraction of sp³-hybridized carbons (Fsp3) is 0.455. The highest BCUT2D eigenvalue weighted by Gasteiger charge is 2.11. The SMILES string of the molecule is CCSCC(Cc1cccc(Cl)c1Cl)NN. The Bertz CT molecular complexity index is 334. The van der Waals surface area contributed by atoms with E-state index in [9.17, 15) is 0 Å². The molecule has 0 fully saturated rings. The van der Waals surface area contributed by atoms with Gasteiger partial charge in [0, 0.05) is 11.8 Å². The summed E-state index contributed by atoms with van der Waals surface area (Å²) in [5.41, 5.74) is 3.85. The van der Waals surface area contributed by atoms with Crippen LogP contribution in [0.25, 0.3) is 0 Å². The van der Waals surface area contributed by atoms with Crippen molar-refractivity contribution in [3.63, 3.8) is 0 Å². The van der Waals surface area contributed by atoms with Gasteiger partial charge in [-0.2, -0.15) is 11.8 Å². The van der Waals surface area contributed by atoms with Crippen LogP contribution in [0.3, 0.4) is 0 Å². The Kier molecular flexibility index (Phi) is 6.54. The maximum Gasteiger partial charge on any atom is 0.0624 e. The fourth-order valence-corrected chi connectivity index (χ4v) is 2.53. The summed E-state index contributed by atoms with van der Waals surface area (Å²) < 4.78 is 0. The van der Waals surface area contributed by atoms with Gasteiger partial charge in [0.05, 0.1) is 10.0 Å². The van der Waals surface area contributed by atoms with E-state index in [1.165, 1.54) is 0 Å². The number of hydrazine groups is 1. The highest BCUT2D eigenvalue weighted by molar-refractivity contribution is 7.99. The predicted molar refractivity (Wildman–Crippen MR) is 74.3 cm³/mol. The van der Waals surface area contributed by atoms with Crippen molar-refractivity contribution in [2.24, 2.45) is 5.84 Å². The largest absolute Gasteiger partial charge is 0.271 e. The molecule has 1 atom stereocenters. The third kappa shape index (κ3) is 4.15. The molecule has 0 amide bonds. The molecule has 0 aromatic heterocycles. The molecule has 0 saturated heterocycles. The van der Waals surface area contributed by atoms with E-state index in [1.807, 2.05) is 23.9 Å². The zero-order chi connectivity index (χ0) is 12.0. The molecule has 0 aliphatic heterocycles. The molecular formula is C11H16Cl2N2S. The fourth-order valence-electron chi connectivity index (χ4n) is 1.40. The van der Waals surface area contributed by atoms with Gasteiger partial charge in [0.25, 0.3) is 0 Å². The van der Waals surface area contributed by atoms with Crippen LogP contribution in [0.5, 0.6) is 0 Å². The lowest BCUT2D eigenvalue weighted by atomic mass is 10.1. The van der Waals surface area contributed by atoms with Crippen LogP contribution >= 0.6 is 35.0 Å². The summed E-state index contributed by atoms with van der Waals surface area (Å²) in [7, 11) is 0. The van der Waals surface area contributed by atoms with Crippen molar-refractivity contribution in [3.05, 3.63) is 33.8 Å². The van der Waals surface area contributed by atoms with E-state index in [2.05, 4.69) is 12.3 Å². The van der Waals surface area contributed by atoms with Gasteiger partial charge in [-0.1, -0.05) is 42.3 Å². The second-order valence-electron chi connectivity index (χ2n) is 3.44. The smallest absolute Gasteiger partial charge is 0.0624 e. The van der Waals surface area contributed by atoms with Crippen molar-refractivity contribution in [1.82, 2.24) is 5.43 Å². The number of nitrogens with one attached hydrogen (secondary N) is 1. The lowest BCUT2D eigenvalue weighted by Gasteiger charge is -2.16. The van der Waals surface area contributed by atoms with Crippen molar-refractivity contribution in [2.45, 2.75) is 19.4 Å². The molecule has 2 nitrogen and oxygen atoms in total. The summed E-state index contributed by atoms with van der Waals surface area (Å²) in [6.45, 7) is 2.13. The molecule has 0 radical (unpaired) electrons. The summed E-state index contributed by atoms with van der Waals surface area (Å²) >= 11 is 13.9. The van der Waals surface area contributed by atoms with E-state index >= 15 is 0 Å². The highest BCUT2D eigenvalue weighted by Crippen LogP contribution is 2.26. The predicted octanol–water partition coefficient (Wildman–Crippen LogP) is 3.12. The number of benzene rings is 1. The first-order valence-electron chi connectivity index (χ1n) is 5.15. The molecule has 0 heterocycles. The van der Waals surface area contributed by atoms with Crippen LogP contribution in [0.2, 0.25) is 10.0 Å². The van der Waals surface area contributed by atoms with E-state index in [-0.39, 0.29) is 6.04 Å². The summed E-state index contributed by atoms with van der Waals surface area (Å²) in [4.78, 5) is 0. The first-order chi connectivity index (χ1) is 7.69. The first kappa shape index (κ1) is 14.1. The van der Waals surface area contributed by atoms with Crippen LogP contribution in [0.4, 0.5) is 0 Å². The Morgan fingerprint density at radius 1 is 1.44 bits per heavy atom. The number of rotatable bonds is 6. The van der Waals surface area contributed by atoms with Gasteiger partial charge in [0.15, 0.2) is 0 Å². The lowest BCUT2D eigenvalue weighted by molar-refractivity contribution is 0.575. The van der Waals surface area contributed by atoms with Crippen LogP contribution in [-0.2, 0) is 6.42 Å². The van der Waals surface area contributed by atoms with Crippen molar-refractivity contribution in [2.75, 3.05) is 11.5 Å². The second kappa shape index (κ2) is 7.41. The molecular weight excluding hydrogens is 263 g/mol. The van der Waals surface area contributed by atoms with Gasteiger partial charge in [0.1, 0.15) is 0 Å². The molecule has 1 aromatic carbocycles. The maximum atomic E-state index is 6.12. The number of hydrogen-bond acceptors (Lipinski definition) is 3. The van der Waals surface area contributed by atoms with Gasteiger partial charge in [-0.3, -0.25) is 11.3 Å². The van der Waals surface area contributed by atoms with Gasteiger partial charge in [-0.15, -0.1) is 0 Å². The Balaban J connectivity index is 2.66. The van der Waals surface area contributed by atoms with Gasteiger partial charge in [-0.25, -0.2) is 0 Å². The molecule has 0 aliphatic carbocycles. The minimum atomic E-state index is 0.223. The van der Waals surface area contributed by atoms with Crippen LogP contribution in [0.15, 0.2) is 18.2 Å². The van der Waals surface area contributed by atoms with Crippen LogP contribution in [0.1, 0.15) is 12.5 Å². The zero-order valence-corrected chi connectivity index (χ0v) is 11.5. The summed E-state index contributed by atoms with van der Waals surface area (Å²) in [6.07, 6.45) is 0.795. The Labute approximate surface area is 111 Å². The average molecular weight is 279 g/mol. The normalized spacial score (nSPS) is 12.8. The van der Waals surface area contributed by atoms with Gasteiger partial charge >= 0.3 is 0 Å². The highest BCUT2D eigenvalue weighted by atomic mass is 35.5. The molecule has 90 valence electrons. The Morgan fingerprint density at radius 2 is 2.19 bits per heavy atom. The molecule has 0 bridgehead atoms. The third-order valence-corrected chi connectivity index (χ3v) is 4.16. The van der Waals surface area contributed by atoms with E-state index in [1.54, 1.807) is 6.07 Å². The van der Waals surface area contributed by atoms with Gasteiger partial charge in [0.2, 0.25) is 0 Å². The standard InChI is InChI=1S/C11H16Cl2N2S/c1-2-16-7-9(15-14)6-8-4-3-5-10(12)11(8)13/h3-5,9,15H,2,6-7,14H2,1H3. The van der Waals surface area contributed by atoms with E-state index < -0.39 is 0 Å².